The minimum absolute atomic E-state index is 0. The molecule has 0 saturated carbocycles. The van der Waals surface area contributed by atoms with Gasteiger partial charge in [0.05, 0.1) is 13.7 Å². The van der Waals surface area contributed by atoms with E-state index in [9.17, 15) is 0 Å². The van der Waals surface area contributed by atoms with Crippen LogP contribution < -0.4 is 20.1 Å². The van der Waals surface area contributed by atoms with E-state index in [4.69, 9.17) is 9.47 Å². The molecule has 26 heavy (non-hydrogen) atoms. The van der Waals surface area contributed by atoms with Crippen molar-refractivity contribution in [3.05, 3.63) is 53.2 Å². The topological polar surface area (TPSA) is 67.8 Å². The molecular weight excluding hydrogens is 443 g/mol. The van der Waals surface area contributed by atoms with Crippen molar-refractivity contribution in [3.63, 3.8) is 0 Å². The molecule has 0 amide bonds. The second-order valence-electron chi connectivity index (χ2n) is 5.85. The van der Waals surface area contributed by atoms with Gasteiger partial charge < -0.3 is 20.1 Å². The lowest BCUT2D eigenvalue weighted by Crippen LogP contribution is -2.37. The van der Waals surface area contributed by atoms with Crippen LogP contribution in [0.5, 0.6) is 11.6 Å². The average molecular weight is 468 g/mol. The molecule has 2 N–H and O–H groups in total. The lowest BCUT2D eigenvalue weighted by Gasteiger charge is -2.12. The Kier molecular flexibility index (Phi) is 7.96. The smallest absolute Gasteiger partial charge is 0.212 e. The number of pyridine rings is 1. The zero-order valence-electron chi connectivity index (χ0n) is 15.1. The molecule has 2 heterocycles. The first-order chi connectivity index (χ1) is 12.3. The predicted octanol–water partition coefficient (Wildman–Crippen LogP) is 2.55. The van der Waals surface area contributed by atoms with Crippen LogP contribution in [0.4, 0.5) is 0 Å². The summed E-state index contributed by atoms with van der Waals surface area (Å²) in [7, 11) is 3.38. The number of ether oxygens (including phenoxy) is 2. The van der Waals surface area contributed by atoms with Gasteiger partial charge in [-0.1, -0.05) is 18.2 Å². The van der Waals surface area contributed by atoms with Crippen molar-refractivity contribution in [1.29, 1.82) is 0 Å². The summed E-state index contributed by atoms with van der Waals surface area (Å²) in [5, 5.41) is 6.63. The number of guanidine groups is 1. The number of nitrogens with one attached hydrogen (secondary N) is 2. The van der Waals surface area contributed by atoms with E-state index in [2.05, 4.69) is 38.8 Å². The molecule has 0 saturated heterocycles. The molecule has 1 aliphatic rings. The highest BCUT2D eigenvalue weighted by Gasteiger charge is 2.11. The van der Waals surface area contributed by atoms with Crippen LogP contribution in [0.3, 0.4) is 0 Å². The molecule has 0 atom stereocenters. The summed E-state index contributed by atoms with van der Waals surface area (Å²) in [5.41, 5.74) is 3.70. The van der Waals surface area contributed by atoms with Gasteiger partial charge in [-0.2, -0.15) is 0 Å². The number of rotatable bonds is 6. The van der Waals surface area contributed by atoms with Crippen molar-refractivity contribution in [2.75, 3.05) is 27.3 Å². The number of nitrogens with zero attached hydrogens (tertiary/aromatic N) is 2. The summed E-state index contributed by atoms with van der Waals surface area (Å²) in [5.74, 6) is 2.42. The van der Waals surface area contributed by atoms with Crippen LogP contribution >= 0.6 is 24.0 Å². The minimum Gasteiger partial charge on any atom is -0.493 e. The molecule has 3 rings (SSSR count). The Hall–Kier alpha value is -2.03. The fourth-order valence-corrected chi connectivity index (χ4v) is 2.76. The molecule has 2 aromatic rings. The highest BCUT2D eigenvalue weighted by atomic mass is 127. The van der Waals surface area contributed by atoms with E-state index < -0.39 is 0 Å². The second-order valence-corrected chi connectivity index (χ2v) is 5.85. The van der Waals surface area contributed by atoms with Crippen LogP contribution in [0.2, 0.25) is 0 Å². The van der Waals surface area contributed by atoms with Gasteiger partial charge in [0.1, 0.15) is 5.75 Å². The molecule has 0 unspecified atom stereocenters. The standard InChI is InChI=1S/C19H24N4O2.HI/c1-20-19(23-13-15-4-6-18(24-2)22-12-15)21-9-7-14-3-5-17-16(11-14)8-10-25-17;/h3-6,11-12H,7-10,13H2,1-2H3,(H2,20,21,23);1H. The monoisotopic (exact) mass is 468 g/mol. The van der Waals surface area contributed by atoms with E-state index in [1.165, 1.54) is 11.1 Å². The SMILES string of the molecule is CN=C(NCCc1ccc2c(c1)CCO2)NCc1ccc(OC)nc1.I. The van der Waals surface area contributed by atoms with Crippen LogP contribution in [-0.4, -0.2) is 38.3 Å². The third-order valence-corrected chi connectivity index (χ3v) is 4.15. The lowest BCUT2D eigenvalue weighted by atomic mass is 10.1. The molecule has 1 aromatic heterocycles. The van der Waals surface area contributed by atoms with Gasteiger partial charge in [-0.25, -0.2) is 4.98 Å². The van der Waals surface area contributed by atoms with Gasteiger partial charge >= 0.3 is 0 Å². The molecular formula is C19H25IN4O2. The zero-order chi connectivity index (χ0) is 17.5. The summed E-state index contributed by atoms with van der Waals surface area (Å²) >= 11 is 0. The van der Waals surface area contributed by atoms with Crippen LogP contribution in [0.25, 0.3) is 0 Å². The Bertz CT molecular complexity index is 735. The quantitative estimate of drug-likeness (QED) is 0.388. The largest absolute Gasteiger partial charge is 0.493 e. The molecule has 7 heteroatoms. The van der Waals surface area contributed by atoms with Crippen LogP contribution in [0.15, 0.2) is 41.5 Å². The number of aliphatic imine (C=N–C) groups is 1. The average Bonchev–Trinajstić information content (AvgIpc) is 3.12. The third kappa shape index (κ3) is 5.48. The molecule has 0 radical (unpaired) electrons. The maximum atomic E-state index is 5.54. The van der Waals surface area contributed by atoms with Crippen molar-refractivity contribution in [2.24, 2.45) is 4.99 Å². The van der Waals surface area contributed by atoms with E-state index in [1.54, 1.807) is 20.4 Å². The second kappa shape index (κ2) is 10.2. The maximum absolute atomic E-state index is 5.54. The first kappa shape index (κ1) is 20.3. The summed E-state index contributed by atoms with van der Waals surface area (Å²) in [6, 6.07) is 10.3. The summed E-state index contributed by atoms with van der Waals surface area (Å²) in [6.45, 7) is 2.28. The van der Waals surface area contributed by atoms with Gasteiger partial charge in [0.15, 0.2) is 5.96 Å². The van der Waals surface area contributed by atoms with Crippen LogP contribution in [-0.2, 0) is 19.4 Å². The Morgan fingerprint density at radius 1 is 1.23 bits per heavy atom. The van der Waals surface area contributed by atoms with Gasteiger partial charge in [0, 0.05) is 38.8 Å². The molecule has 6 nitrogen and oxygen atoms in total. The first-order valence-electron chi connectivity index (χ1n) is 8.46. The highest BCUT2D eigenvalue weighted by molar-refractivity contribution is 14.0. The van der Waals surface area contributed by atoms with E-state index in [-0.39, 0.29) is 24.0 Å². The summed E-state index contributed by atoms with van der Waals surface area (Å²) < 4.78 is 10.6. The zero-order valence-corrected chi connectivity index (χ0v) is 17.4. The fourth-order valence-electron chi connectivity index (χ4n) is 2.76. The van der Waals surface area contributed by atoms with Gasteiger partial charge in [0.2, 0.25) is 5.88 Å². The number of halogens is 1. The fraction of sp³-hybridized carbons (Fsp3) is 0.368. The van der Waals surface area contributed by atoms with Crippen molar-refractivity contribution in [2.45, 2.75) is 19.4 Å². The van der Waals surface area contributed by atoms with Crippen molar-refractivity contribution >= 4 is 29.9 Å². The summed E-state index contributed by atoms with van der Waals surface area (Å²) in [6.07, 6.45) is 3.75. The van der Waals surface area contributed by atoms with E-state index in [0.29, 0.717) is 12.4 Å². The van der Waals surface area contributed by atoms with E-state index in [1.807, 2.05) is 12.1 Å². The Morgan fingerprint density at radius 3 is 2.81 bits per heavy atom. The predicted molar refractivity (Wildman–Crippen MR) is 114 cm³/mol. The van der Waals surface area contributed by atoms with Crippen LogP contribution in [0.1, 0.15) is 16.7 Å². The van der Waals surface area contributed by atoms with Crippen molar-refractivity contribution in [3.8, 4) is 11.6 Å². The number of fused-ring (bicyclic) bond motifs is 1. The van der Waals surface area contributed by atoms with Crippen molar-refractivity contribution in [1.82, 2.24) is 15.6 Å². The molecule has 1 aromatic carbocycles. The molecule has 0 bridgehead atoms. The Morgan fingerprint density at radius 2 is 2.08 bits per heavy atom. The molecule has 0 aliphatic carbocycles. The molecule has 0 spiro atoms. The van der Waals surface area contributed by atoms with Gasteiger partial charge in [-0.05, 0) is 29.2 Å². The third-order valence-electron chi connectivity index (χ3n) is 4.15. The van der Waals surface area contributed by atoms with E-state index in [0.717, 1.165) is 43.3 Å². The maximum Gasteiger partial charge on any atom is 0.212 e. The van der Waals surface area contributed by atoms with Gasteiger partial charge in [0.25, 0.3) is 0 Å². The minimum atomic E-state index is 0. The van der Waals surface area contributed by atoms with Crippen LogP contribution in [0, 0.1) is 0 Å². The van der Waals surface area contributed by atoms with Gasteiger partial charge in [-0.15, -0.1) is 24.0 Å². The molecule has 1 aliphatic heterocycles. The first-order valence-corrected chi connectivity index (χ1v) is 8.46. The number of methoxy groups -OCH3 is 1. The van der Waals surface area contributed by atoms with Crippen molar-refractivity contribution < 1.29 is 9.47 Å². The number of hydrogen-bond acceptors (Lipinski definition) is 4. The normalized spacial score (nSPS) is 12.6. The molecule has 140 valence electrons. The number of aromatic nitrogens is 1. The van der Waals surface area contributed by atoms with Gasteiger partial charge in [-0.3, -0.25) is 4.99 Å². The Balaban J connectivity index is 0.00000243. The summed E-state index contributed by atoms with van der Waals surface area (Å²) in [4.78, 5) is 8.45. The lowest BCUT2D eigenvalue weighted by molar-refractivity contribution is 0.357. The Labute approximate surface area is 171 Å². The number of hydrogen-bond donors (Lipinski definition) is 2. The number of benzene rings is 1. The highest BCUT2D eigenvalue weighted by Crippen LogP contribution is 2.25. The molecule has 0 fully saturated rings. The van der Waals surface area contributed by atoms with E-state index >= 15 is 0 Å².